The fourth-order valence-electron chi connectivity index (χ4n) is 0.897. The topological polar surface area (TPSA) is 36.7 Å². The van der Waals surface area contributed by atoms with Crippen molar-refractivity contribution >= 4 is 0 Å². The second-order valence-corrected chi connectivity index (χ2v) is 2.57. The van der Waals surface area contributed by atoms with Crippen LogP contribution in [-0.2, 0) is 6.18 Å². The summed E-state index contributed by atoms with van der Waals surface area (Å²) in [6.07, 6.45) is -7.55. The Hall–Kier alpha value is -1.71. The molecule has 0 unspecified atom stereocenters. The second kappa shape index (κ2) is 3.81. The van der Waals surface area contributed by atoms with Crippen molar-refractivity contribution in [1.82, 2.24) is 4.98 Å². The first-order valence-electron chi connectivity index (χ1n) is 3.61. The fourth-order valence-corrected chi connectivity index (χ4v) is 0.897. The predicted octanol–water partition coefficient (Wildman–Crippen LogP) is 2.91. The van der Waals surface area contributed by atoms with Gasteiger partial charge in [-0.3, -0.25) is 0 Å². The molecule has 0 N–H and O–H groups in total. The average molecular weight is 222 g/mol. The van der Waals surface area contributed by atoms with Gasteiger partial charge in [-0.2, -0.15) is 18.4 Å². The van der Waals surface area contributed by atoms with E-state index >= 15 is 0 Å². The molecule has 1 heterocycles. The zero-order valence-corrected chi connectivity index (χ0v) is 7.02. The maximum absolute atomic E-state index is 12.2. The van der Waals surface area contributed by atoms with Crippen LogP contribution < -0.4 is 0 Å². The molecule has 2 nitrogen and oxygen atoms in total. The van der Waals surface area contributed by atoms with Crippen LogP contribution in [0.2, 0.25) is 0 Å². The van der Waals surface area contributed by atoms with Gasteiger partial charge in [0.25, 0.3) is 6.43 Å². The summed E-state index contributed by atoms with van der Waals surface area (Å²) in [4.78, 5) is 3.02. The number of nitrogens with zero attached hydrogens (tertiary/aromatic N) is 2. The molecule has 0 fully saturated rings. The molecule has 1 aromatic rings. The van der Waals surface area contributed by atoms with Crippen molar-refractivity contribution in [1.29, 1.82) is 5.26 Å². The van der Waals surface area contributed by atoms with Crippen LogP contribution in [0.25, 0.3) is 0 Å². The highest BCUT2D eigenvalue weighted by atomic mass is 19.4. The Kier molecular flexibility index (Phi) is 2.88. The Bertz CT molecular complexity index is 404. The minimum Gasteiger partial charge on any atom is -0.244 e. The highest BCUT2D eigenvalue weighted by molar-refractivity contribution is 5.35. The highest BCUT2D eigenvalue weighted by Gasteiger charge is 2.32. The molecule has 15 heavy (non-hydrogen) atoms. The van der Waals surface area contributed by atoms with Gasteiger partial charge in [-0.25, -0.2) is 13.8 Å². The van der Waals surface area contributed by atoms with Gasteiger partial charge in [-0.1, -0.05) is 0 Å². The van der Waals surface area contributed by atoms with E-state index in [9.17, 15) is 22.0 Å². The standard InChI is InChI=1S/C8H3F5N2/c9-7(10)5-1-4(8(11,12)13)3-15-6(5)2-14/h1,3,7H. The van der Waals surface area contributed by atoms with Crippen molar-refractivity contribution < 1.29 is 22.0 Å². The maximum atomic E-state index is 12.2. The maximum Gasteiger partial charge on any atom is 0.417 e. The zero-order chi connectivity index (χ0) is 11.6. The molecule has 0 amide bonds. The van der Waals surface area contributed by atoms with E-state index in [1.807, 2.05) is 0 Å². The summed E-state index contributed by atoms with van der Waals surface area (Å²) in [6, 6.07) is 1.53. The van der Waals surface area contributed by atoms with Crippen molar-refractivity contribution in [3.05, 3.63) is 29.1 Å². The summed E-state index contributed by atoms with van der Waals surface area (Å²) in [5.74, 6) is 0. The normalized spacial score (nSPS) is 11.5. The Morgan fingerprint density at radius 1 is 1.33 bits per heavy atom. The van der Waals surface area contributed by atoms with Gasteiger partial charge in [0.1, 0.15) is 11.8 Å². The lowest BCUT2D eigenvalue weighted by Gasteiger charge is -2.08. The third-order valence-electron chi connectivity index (χ3n) is 1.59. The number of rotatable bonds is 1. The summed E-state index contributed by atoms with van der Waals surface area (Å²) >= 11 is 0. The third-order valence-corrected chi connectivity index (χ3v) is 1.59. The number of halogens is 5. The highest BCUT2D eigenvalue weighted by Crippen LogP contribution is 2.32. The Morgan fingerprint density at radius 3 is 2.33 bits per heavy atom. The van der Waals surface area contributed by atoms with Gasteiger partial charge in [0.05, 0.1) is 11.1 Å². The van der Waals surface area contributed by atoms with Gasteiger partial charge in [-0.15, -0.1) is 0 Å². The number of hydrogen-bond acceptors (Lipinski definition) is 2. The summed E-state index contributed by atoms with van der Waals surface area (Å²) in [5.41, 5.74) is -3.00. The minimum atomic E-state index is -4.75. The van der Waals surface area contributed by atoms with Crippen molar-refractivity contribution in [2.45, 2.75) is 12.6 Å². The zero-order valence-electron chi connectivity index (χ0n) is 7.02. The fraction of sp³-hybridized carbons (Fsp3) is 0.250. The lowest BCUT2D eigenvalue weighted by atomic mass is 10.1. The first-order chi connectivity index (χ1) is 6.86. The predicted molar refractivity (Wildman–Crippen MR) is 38.9 cm³/mol. The van der Waals surface area contributed by atoms with Crippen LogP contribution in [0.4, 0.5) is 22.0 Å². The molecule has 0 saturated carbocycles. The Labute approximate surface area is 81.0 Å². The summed E-state index contributed by atoms with van der Waals surface area (Å²) in [7, 11) is 0. The number of hydrogen-bond donors (Lipinski definition) is 0. The summed E-state index contributed by atoms with van der Waals surface area (Å²) < 4.78 is 60.7. The molecular formula is C8H3F5N2. The van der Waals surface area contributed by atoms with Crippen LogP contribution >= 0.6 is 0 Å². The van der Waals surface area contributed by atoms with E-state index < -0.39 is 29.4 Å². The van der Waals surface area contributed by atoms with Crippen LogP contribution in [0.3, 0.4) is 0 Å². The number of alkyl halides is 5. The van der Waals surface area contributed by atoms with Gasteiger partial charge < -0.3 is 0 Å². The number of pyridine rings is 1. The van der Waals surface area contributed by atoms with Gasteiger partial charge >= 0.3 is 6.18 Å². The molecule has 0 aliphatic carbocycles. The van der Waals surface area contributed by atoms with E-state index in [4.69, 9.17) is 5.26 Å². The van der Waals surface area contributed by atoms with E-state index in [2.05, 4.69) is 4.98 Å². The lowest BCUT2D eigenvalue weighted by molar-refractivity contribution is -0.137. The number of aromatic nitrogens is 1. The van der Waals surface area contributed by atoms with Crippen LogP contribution in [-0.4, -0.2) is 4.98 Å². The Balaban J connectivity index is 3.30. The molecule has 1 aromatic heterocycles. The van der Waals surface area contributed by atoms with Gasteiger partial charge in [0.15, 0.2) is 0 Å². The van der Waals surface area contributed by atoms with E-state index in [0.717, 1.165) is 0 Å². The van der Waals surface area contributed by atoms with Crippen LogP contribution in [0.15, 0.2) is 12.3 Å². The molecule has 80 valence electrons. The average Bonchev–Trinajstić information content (AvgIpc) is 2.15. The molecule has 0 aliphatic rings. The molecule has 0 spiro atoms. The largest absolute Gasteiger partial charge is 0.417 e. The van der Waals surface area contributed by atoms with E-state index in [1.54, 1.807) is 0 Å². The first kappa shape index (κ1) is 11.4. The van der Waals surface area contributed by atoms with Gasteiger partial charge in [0, 0.05) is 6.20 Å². The molecule has 0 bridgehead atoms. The molecule has 0 saturated heterocycles. The molecule has 0 atom stereocenters. The van der Waals surface area contributed by atoms with Crippen molar-refractivity contribution in [2.24, 2.45) is 0 Å². The molecule has 7 heteroatoms. The van der Waals surface area contributed by atoms with Gasteiger partial charge in [0.2, 0.25) is 0 Å². The van der Waals surface area contributed by atoms with Crippen molar-refractivity contribution in [3.8, 4) is 6.07 Å². The Morgan fingerprint density at radius 2 is 1.93 bits per heavy atom. The summed E-state index contributed by atoms with van der Waals surface area (Å²) in [6.45, 7) is 0. The van der Waals surface area contributed by atoms with Crippen LogP contribution in [0.1, 0.15) is 23.2 Å². The van der Waals surface area contributed by atoms with Crippen LogP contribution in [0, 0.1) is 11.3 Å². The molecular weight excluding hydrogens is 219 g/mol. The molecule has 0 radical (unpaired) electrons. The summed E-state index contributed by atoms with van der Waals surface area (Å²) in [5, 5.41) is 8.33. The van der Waals surface area contributed by atoms with E-state index in [1.165, 1.54) is 6.07 Å². The van der Waals surface area contributed by atoms with E-state index in [0.29, 0.717) is 6.20 Å². The van der Waals surface area contributed by atoms with E-state index in [-0.39, 0.29) is 6.07 Å². The van der Waals surface area contributed by atoms with Crippen molar-refractivity contribution in [3.63, 3.8) is 0 Å². The smallest absolute Gasteiger partial charge is 0.244 e. The quantitative estimate of drug-likeness (QED) is 0.685. The monoisotopic (exact) mass is 222 g/mol. The van der Waals surface area contributed by atoms with Crippen LogP contribution in [0.5, 0.6) is 0 Å². The lowest BCUT2D eigenvalue weighted by Crippen LogP contribution is -2.08. The molecule has 0 aromatic carbocycles. The molecule has 1 rings (SSSR count). The SMILES string of the molecule is N#Cc1ncc(C(F)(F)F)cc1C(F)F. The second-order valence-electron chi connectivity index (χ2n) is 2.57. The minimum absolute atomic E-state index is 0.232. The third kappa shape index (κ3) is 2.40. The number of nitriles is 1. The first-order valence-corrected chi connectivity index (χ1v) is 3.61. The molecule has 0 aliphatic heterocycles. The van der Waals surface area contributed by atoms with Gasteiger partial charge in [-0.05, 0) is 6.07 Å². The van der Waals surface area contributed by atoms with Crippen molar-refractivity contribution in [2.75, 3.05) is 0 Å².